The average molecular weight is 354 g/mol. The minimum Gasteiger partial charge on any atom is -0.405 e. The van der Waals surface area contributed by atoms with E-state index in [9.17, 15) is 4.39 Å². The van der Waals surface area contributed by atoms with Gasteiger partial charge >= 0.3 is 0 Å². The van der Waals surface area contributed by atoms with Crippen LogP contribution in [0.5, 0.6) is 0 Å². The van der Waals surface area contributed by atoms with Crippen molar-refractivity contribution in [3.05, 3.63) is 71.7 Å². The molecule has 5 heteroatoms. The summed E-state index contributed by atoms with van der Waals surface area (Å²) in [5.41, 5.74) is 10.3. The van der Waals surface area contributed by atoms with Crippen molar-refractivity contribution in [1.82, 2.24) is 9.97 Å². The summed E-state index contributed by atoms with van der Waals surface area (Å²) in [4.78, 5) is 8.50. The topological polar surface area (TPSA) is 63.8 Å². The third kappa shape index (κ3) is 4.48. The van der Waals surface area contributed by atoms with Gasteiger partial charge in [-0.2, -0.15) is 0 Å². The lowest BCUT2D eigenvalue weighted by molar-refractivity contribution is 0.573. The zero-order valence-electron chi connectivity index (χ0n) is 15.9. The van der Waals surface area contributed by atoms with Crippen LogP contribution in [0, 0.1) is 18.7 Å². The van der Waals surface area contributed by atoms with E-state index in [1.807, 2.05) is 25.4 Å². The highest BCUT2D eigenvalue weighted by molar-refractivity contribution is 5.76. The van der Waals surface area contributed by atoms with E-state index in [0.717, 1.165) is 23.5 Å². The van der Waals surface area contributed by atoms with Crippen molar-refractivity contribution in [3.8, 4) is 0 Å². The number of rotatable bonds is 4. The number of aromatic nitrogens is 2. The van der Waals surface area contributed by atoms with Crippen LogP contribution in [0.4, 0.5) is 10.1 Å². The third-order valence-corrected chi connectivity index (χ3v) is 4.48. The summed E-state index contributed by atoms with van der Waals surface area (Å²) < 4.78 is 13.6. The quantitative estimate of drug-likeness (QED) is 0.850. The largest absolute Gasteiger partial charge is 0.405 e. The van der Waals surface area contributed by atoms with Crippen molar-refractivity contribution in [2.45, 2.75) is 40.2 Å². The molecule has 138 valence electrons. The predicted molar refractivity (Wildman–Crippen MR) is 106 cm³/mol. The number of hydrogen-bond acceptors (Lipinski definition) is 4. The normalized spacial score (nSPS) is 13.8. The number of benzene rings is 1. The van der Waals surface area contributed by atoms with Crippen LogP contribution >= 0.6 is 0 Å². The van der Waals surface area contributed by atoms with E-state index in [-0.39, 0.29) is 11.9 Å². The van der Waals surface area contributed by atoms with Crippen LogP contribution in [0.3, 0.4) is 0 Å². The molecule has 4 nitrogen and oxygen atoms in total. The standard InChI is InChI=1S/C19H22FN3.C2H5N/c1-11(2)19(23-16-9-21-13(4)22-10-16)18-7-14-5-6-15(20)8-17(14)12(18)3;1-2-3/h5-6,8-11,19,23H,7H2,1-4H3;2H,1,3H2. The summed E-state index contributed by atoms with van der Waals surface area (Å²) in [6, 6.07) is 5.26. The lowest BCUT2D eigenvalue weighted by atomic mass is 9.92. The van der Waals surface area contributed by atoms with Gasteiger partial charge < -0.3 is 11.1 Å². The third-order valence-electron chi connectivity index (χ3n) is 4.48. The lowest BCUT2D eigenvalue weighted by Crippen LogP contribution is -2.28. The molecule has 0 saturated carbocycles. The molecule has 0 aliphatic heterocycles. The maximum atomic E-state index is 13.6. The van der Waals surface area contributed by atoms with Gasteiger partial charge in [-0.1, -0.05) is 26.5 Å². The molecule has 3 rings (SSSR count). The molecule has 0 bridgehead atoms. The molecular weight excluding hydrogens is 327 g/mol. The van der Waals surface area contributed by atoms with Gasteiger partial charge in [0.1, 0.15) is 11.6 Å². The number of nitrogens with one attached hydrogen (secondary N) is 1. The molecule has 1 aliphatic rings. The first-order valence-corrected chi connectivity index (χ1v) is 8.73. The van der Waals surface area contributed by atoms with Crippen LogP contribution in [-0.4, -0.2) is 16.0 Å². The number of halogens is 1. The van der Waals surface area contributed by atoms with Crippen LogP contribution in [0.15, 0.2) is 48.9 Å². The second kappa shape index (κ2) is 8.61. The highest BCUT2D eigenvalue weighted by Gasteiger charge is 2.27. The molecule has 3 N–H and O–H groups in total. The van der Waals surface area contributed by atoms with Crippen molar-refractivity contribution >= 4 is 11.3 Å². The Morgan fingerprint density at radius 3 is 2.42 bits per heavy atom. The highest BCUT2D eigenvalue weighted by Crippen LogP contribution is 2.37. The van der Waals surface area contributed by atoms with Gasteiger partial charge in [-0.25, -0.2) is 14.4 Å². The van der Waals surface area contributed by atoms with Gasteiger partial charge in [-0.05, 0) is 66.8 Å². The van der Waals surface area contributed by atoms with Crippen molar-refractivity contribution in [3.63, 3.8) is 0 Å². The molecular formula is C21H27FN4. The van der Waals surface area contributed by atoms with Gasteiger partial charge in [-0.3, -0.25) is 0 Å². The summed E-state index contributed by atoms with van der Waals surface area (Å²) >= 11 is 0. The Hall–Kier alpha value is -2.69. The van der Waals surface area contributed by atoms with E-state index in [1.165, 1.54) is 22.9 Å². The SMILES string of the molecule is C=CN.CC1=C(C(Nc2cnc(C)nc2)C(C)C)Cc2ccc(F)cc21. The summed E-state index contributed by atoms with van der Waals surface area (Å²) in [6.45, 7) is 11.5. The van der Waals surface area contributed by atoms with E-state index in [4.69, 9.17) is 0 Å². The highest BCUT2D eigenvalue weighted by atomic mass is 19.1. The van der Waals surface area contributed by atoms with E-state index in [1.54, 1.807) is 12.1 Å². The van der Waals surface area contributed by atoms with Crippen molar-refractivity contribution in [2.75, 3.05) is 5.32 Å². The Bertz CT molecular complexity index is 794. The molecule has 1 aromatic carbocycles. The van der Waals surface area contributed by atoms with Crippen LogP contribution in [-0.2, 0) is 6.42 Å². The summed E-state index contributed by atoms with van der Waals surface area (Å²) in [5, 5.41) is 3.55. The predicted octanol–water partition coefficient (Wildman–Crippen LogP) is 4.48. The van der Waals surface area contributed by atoms with Crippen molar-refractivity contribution < 1.29 is 4.39 Å². The Labute approximate surface area is 155 Å². The first-order chi connectivity index (χ1) is 12.4. The Kier molecular flexibility index (Phi) is 6.50. The molecule has 1 aromatic heterocycles. The molecule has 0 amide bonds. The number of nitrogens with two attached hydrogens (primary N) is 1. The number of nitrogens with zero attached hydrogens (tertiary/aromatic N) is 2. The van der Waals surface area contributed by atoms with E-state index < -0.39 is 0 Å². The fraction of sp³-hybridized carbons (Fsp3) is 0.333. The number of aryl methyl sites for hydroxylation is 1. The molecule has 0 spiro atoms. The van der Waals surface area contributed by atoms with Gasteiger partial charge in [0.25, 0.3) is 0 Å². The van der Waals surface area contributed by atoms with E-state index >= 15 is 0 Å². The van der Waals surface area contributed by atoms with Gasteiger partial charge in [0.15, 0.2) is 0 Å². The van der Waals surface area contributed by atoms with Gasteiger partial charge in [0.2, 0.25) is 0 Å². The fourth-order valence-corrected chi connectivity index (χ4v) is 3.21. The number of allylic oxidation sites excluding steroid dienone is 1. The minimum atomic E-state index is -0.176. The monoisotopic (exact) mass is 354 g/mol. The zero-order valence-corrected chi connectivity index (χ0v) is 15.9. The minimum absolute atomic E-state index is 0.176. The Morgan fingerprint density at radius 2 is 1.85 bits per heavy atom. The smallest absolute Gasteiger partial charge is 0.125 e. The Balaban J connectivity index is 0.000000758. The fourth-order valence-electron chi connectivity index (χ4n) is 3.21. The lowest BCUT2D eigenvalue weighted by Gasteiger charge is -2.26. The van der Waals surface area contributed by atoms with Crippen LogP contribution in [0.25, 0.3) is 5.57 Å². The summed E-state index contributed by atoms with van der Waals surface area (Å²) in [6.07, 6.45) is 5.74. The van der Waals surface area contributed by atoms with E-state index in [2.05, 4.69) is 48.4 Å². The number of anilines is 1. The first-order valence-electron chi connectivity index (χ1n) is 8.73. The van der Waals surface area contributed by atoms with Gasteiger partial charge in [0.05, 0.1) is 24.1 Å². The second-order valence-electron chi connectivity index (χ2n) is 6.75. The molecule has 0 fully saturated rings. The zero-order chi connectivity index (χ0) is 19.3. The molecule has 26 heavy (non-hydrogen) atoms. The average Bonchev–Trinajstić information content (AvgIpc) is 2.91. The second-order valence-corrected chi connectivity index (χ2v) is 6.75. The van der Waals surface area contributed by atoms with Gasteiger partial charge in [0, 0.05) is 0 Å². The first kappa shape index (κ1) is 19.6. The van der Waals surface area contributed by atoms with Crippen LogP contribution < -0.4 is 11.1 Å². The molecule has 1 aliphatic carbocycles. The van der Waals surface area contributed by atoms with Crippen LogP contribution in [0.2, 0.25) is 0 Å². The molecule has 1 atom stereocenters. The molecule has 1 heterocycles. The van der Waals surface area contributed by atoms with Crippen LogP contribution in [0.1, 0.15) is 37.7 Å². The van der Waals surface area contributed by atoms with Crippen molar-refractivity contribution in [1.29, 1.82) is 0 Å². The Morgan fingerprint density at radius 1 is 1.23 bits per heavy atom. The van der Waals surface area contributed by atoms with Crippen molar-refractivity contribution in [2.24, 2.45) is 11.7 Å². The summed E-state index contributed by atoms with van der Waals surface area (Å²) in [7, 11) is 0. The summed E-state index contributed by atoms with van der Waals surface area (Å²) in [5.74, 6) is 0.988. The van der Waals surface area contributed by atoms with E-state index in [0.29, 0.717) is 5.92 Å². The maximum absolute atomic E-state index is 13.6. The van der Waals surface area contributed by atoms with Gasteiger partial charge in [-0.15, -0.1) is 0 Å². The molecule has 1 unspecified atom stereocenters. The molecule has 0 saturated heterocycles. The number of fused-ring (bicyclic) bond motifs is 1. The molecule has 0 radical (unpaired) electrons. The number of hydrogen-bond donors (Lipinski definition) is 2. The molecule has 2 aromatic rings. The maximum Gasteiger partial charge on any atom is 0.125 e.